The molecule has 119 heavy (non-hydrogen) atoms. The largest absolute Gasteiger partial charge is 0.480 e. The number of piperidine rings is 3. The van der Waals surface area contributed by atoms with E-state index in [4.69, 9.17) is 14.9 Å². The van der Waals surface area contributed by atoms with Crippen molar-refractivity contribution in [3.63, 3.8) is 0 Å². The molecular weight excluding hydrogens is 1500 g/mol. The van der Waals surface area contributed by atoms with E-state index in [2.05, 4.69) is 46.8 Å². The van der Waals surface area contributed by atoms with Crippen molar-refractivity contribution in [2.45, 2.75) is 258 Å². The maximum atomic E-state index is 14.3. The summed E-state index contributed by atoms with van der Waals surface area (Å²) in [5.74, 6) is 2.86. The second-order valence-corrected chi connectivity index (χ2v) is 38.5. The highest BCUT2D eigenvalue weighted by Gasteiger charge is 2.48. The molecule has 5 saturated carbocycles. The zero-order chi connectivity index (χ0) is 81.9. The van der Waals surface area contributed by atoms with E-state index < -0.39 is 36.0 Å². The molecular formula is C97H133F3N11O8+. The van der Waals surface area contributed by atoms with E-state index in [0.717, 1.165) is 221 Å². The number of nitrogens with one attached hydrogen (secondary N) is 3. The van der Waals surface area contributed by atoms with Gasteiger partial charge in [-0.05, 0) is 223 Å². The van der Waals surface area contributed by atoms with Crippen LogP contribution in [0.1, 0.15) is 273 Å². The number of carboxylic acids is 3. The molecule has 12 aliphatic rings. The molecule has 6 N–H and O–H groups in total. The normalized spacial score (nSPS) is 27.1. The van der Waals surface area contributed by atoms with Crippen molar-refractivity contribution >= 4 is 24.0 Å². The minimum absolute atomic E-state index is 0.130. The second-order valence-electron chi connectivity index (χ2n) is 38.5. The number of benzene rings is 4. The molecule has 18 rings (SSSR count). The number of amides is 1. The zero-order valence-electron chi connectivity index (χ0n) is 70.3. The van der Waals surface area contributed by atoms with Gasteiger partial charge in [0, 0.05) is 137 Å². The lowest BCUT2D eigenvalue weighted by Crippen LogP contribution is -3.15. The molecule has 4 aromatic carbocycles. The monoisotopic (exact) mass is 1640 g/mol. The number of aliphatic carboxylic acids is 3. The van der Waals surface area contributed by atoms with Gasteiger partial charge >= 0.3 is 24.0 Å². The number of hydrogen-bond donors (Lipinski definition) is 6. The second kappa shape index (κ2) is 40.2. The number of likely N-dealkylation sites (tertiary alicyclic amines) is 6. The fraction of sp³-hybridized carbons (Fsp3) is 0.649. The molecule has 7 aliphatic heterocycles. The smallest absolute Gasteiger partial charge is 0.415 e. The summed E-state index contributed by atoms with van der Waals surface area (Å²) in [6.07, 6.45) is 33.9. The third kappa shape index (κ3) is 21.4. The Morgan fingerprint density at radius 2 is 0.924 bits per heavy atom. The molecule has 6 saturated heterocycles. The Balaban J connectivity index is 0.000000133. The summed E-state index contributed by atoms with van der Waals surface area (Å²) in [5.41, 5.74) is 9.24. The van der Waals surface area contributed by atoms with Crippen molar-refractivity contribution in [1.29, 1.82) is 0 Å². The molecule has 1 unspecified atom stereocenters. The topological polar surface area (TPSA) is 219 Å². The highest BCUT2D eigenvalue weighted by molar-refractivity contribution is 5.75. The molecule has 9 heterocycles. The van der Waals surface area contributed by atoms with Crippen molar-refractivity contribution < 1.29 is 57.3 Å². The summed E-state index contributed by atoms with van der Waals surface area (Å²) in [6.45, 7) is 13.8. The van der Waals surface area contributed by atoms with Crippen LogP contribution in [0, 0.1) is 53.0 Å². The van der Waals surface area contributed by atoms with Gasteiger partial charge in [0.1, 0.15) is 35.3 Å². The van der Waals surface area contributed by atoms with Gasteiger partial charge in [-0.3, -0.25) is 29.6 Å². The number of halogens is 3. The van der Waals surface area contributed by atoms with Gasteiger partial charge in [-0.1, -0.05) is 151 Å². The van der Waals surface area contributed by atoms with Gasteiger partial charge in [0.25, 0.3) is 0 Å². The van der Waals surface area contributed by atoms with E-state index in [9.17, 15) is 47.7 Å². The summed E-state index contributed by atoms with van der Waals surface area (Å²) in [4.78, 5) is 65.2. The van der Waals surface area contributed by atoms with Crippen LogP contribution in [0.3, 0.4) is 0 Å². The Hall–Kier alpha value is -7.47. The Kier molecular flexibility index (Phi) is 28.8. The fourth-order valence-electron chi connectivity index (χ4n) is 23.8. The van der Waals surface area contributed by atoms with E-state index in [1.54, 1.807) is 36.4 Å². The lowest BCUT2D eigenvalue weighted by molar-refractivity contribution is -0.907. The third-order valence-electron chi connectivity index (χ3n) is 31.0. The summed E-state index contributed by atoms with van der Waals surface area (Å²) >= 11 is 0. The number of fused-ring (bicyclic) bond motifs is 1. The number of H-pyrrole nitrogens is 2. The number of rotatable bonds is 25. The van der Waals surface area contributed by atoms with Crippen molar-refractivity contribution in [2.75, 3.05) is 105 Å². The lowest BCUT2D eigenvalue weighted by Gasteiger charge is -2.38. The van der Waals surface area contributed by atoms with Crippen LogP contribution in [0.4, 0.5) is 18.0 Å². The van der Waals surface area contributed by atoms with Crippen LogP contribution >= 0.6 is 0 Å². The SMILES string of the molecule is O=C(O)[C@@H](C1CCCCC1)N1C[C@H](CN2CCC(c3cc(C4CCCCC4)n[nH]3)CC2)[C@@H](c2cccc(F)c2)C1.O=C(O)[C@@H](CC1CCC1)N1C[C@H](CN2CCC(c3cc(C4CCCCC4)n[nH]3)CC2)[C@@H](c2cccc(F)c2)C1.O=C(O)[C@@H](CC1CCC1)[NH+]1C[C@H](CN2CCC(N3CCc4ccccc4OC3=O)CC2)[C@@H](c2cccc(F)c2)C1. The van der Waals surface area contributed by atoms with Gasteiger partial charge in [0.15, 0.2) is 6.04 Å². The van der Waals surface area contributed by atoms with E-state index in [-0.39, 0.29) is 59.2 Å². The van der Waals surface area contributed by atoms with Crippen LogP contribution in [0.2, 0.25) is 0 Å². The van der Waals surface area contributed by atoms with Gasteiger partial charge in [-0.25, -0.2) is 22.8 Å². The van der Waals surface area contributed by atoms with E-state index in [0.29, 0.717) is 72.7 Å². The maximum absolute atomic E-state index is 14.3. The summed E-state index contributed by atoms with van der Waals surface area (Å²) in [6, 6.07) is 32.3. The maximum Gasteiger partial charge on any atom is 0.415 e. The Morgan fingerprint density at radius 1 is 0.454 bits per heavy atom. The average Bonchev–Trinajstić information content (AvgIpc) is 1.66. The number of carboxylic acid groups (broad SMARTS) is 3. The van der Waals surface area contributed by atoms with E-state index in [1.165, 1.54) is 124 Å². The first-order valence-electron chi connectivity index (χ1n) is 46.6. The van der Waals surface area contributed by atoms with Crippen molar-refractivity contribution in [1.82, 2.24) is 49.8 Å². The minimum Gasteiger partial charge on any atom is -0.480 e. The van der Waals surface area contributed by atoms with Gasteiger partial charge in [-0.15, -0.1) is 0 Å². The van der Waals surface area contributed by atoms with Crippen LogP contribution in [-0.4, -0.2) is 218 Å². The van der Waals surface area contributed by atoms with Crippen LogP contribution in [-0.2, 0) is 20.8 Å². The van der Waals surface area contributed by atoms with Gasteiger partial charge in [0.2, 0.25) is 0 Å². The summed E-state index contributed by atoms with van der Waals surface area (Å²) in [5, 5.41) is 46.7. The Morgan fingerprint density at radius 3 is 1.41 bits per heavy atom. The molecule has 2 aromatic heterocycles. The van der Waals surface area contributed by atoms with Gasteiger partial charge in [0.05, 0.1) is 24.5 Å². The average molecular weight is 1640 g/mol. The number of aromatic amines is 2. The molecule has 1 amide bonds. The minimum atomic E-state index is -0.701. The molecule has 22 heteroatoms. The Labute approximate surface area is 703 Å². The van der Waals surface area contributed by atoms with Crippen LogP contribution in [0.15, 0.2) is 109 Å². The molecule has 0 radical (unpaired) electrons. The number of ether oxygens (including phenoxy) is 1. The number of aromatic nitrogens is 4. The van der Waals surface area contributed by atoms with Crippen molar-refractivity contribution in [2.24, 2.45) is 35.5 Å². The van der Waals surface area contributed by atoms with Crippen molar-refractivity contribution in [3.8, 4) is 5.75 Å². The van der Waals surface area contributed by atoms with Gasteiger partial charge in [-0.2, -0.15) is 10.2 Å². The first-order chi connectivity index (χ1) is 58.0. The molecule has 11 fully saturated rings. The lowest BCUT2D eigenvalue weighted by atomic mass is 9.80. The van der Waals surface area contributed by atoms with Crippen molar-refractivity contribution in [3.05, 3.63) is 172 Å². The molecule has 5 aliphatic carbocycles. The first-order valence-corrected chi connectivity index (χ1v) is 46.6. The number of hydrogen-bond acceptors (Lipinski definition) is 12. The highest BCUT2D eigenvalue weighted by Crippen LogP contribution is 2.44. The summed E-state index contributed by atoms with van der Waals surface area (Å²) < 4.78 is 48.4. The summed E-state index contributed by atoms with van der Waals surface area (Å²) in [7, 11) is 0. The van der Waals surface area contributed by atoms with Crippen LogP contribution in [0.25, 0.3) is 0 Å². The third-order valence-corrected chi connectivity index (χ3v) is 31.0. The number of carbonyl (C=O) groups excluding carboxylic acids is 1. The van der Waals surface area contributed by atoms with Crippen LogP contribution < -0.4 is 9.64 Å². The molecule has 0 bridgehead atoms. The van der Waals surface area contributed by atoms with E-state index >= 15 is 0 Å². The van der Waals surface area contributed by atoms with Gasteiger partial charge < -0.3 is 44.6 Å². The van der Waals surface area contributed by atoms with Crippen LogP contribution in [0.5, 0.6) is 5.75 Å². The predicted octanol–water partition coefficient (Wildman–Crippen LogP) is 16.2. The standard InChI is InChI=1S/C33H47FN4O2.C32H45FN4O2.C32H40FN3O4/c34-28-13-7-12-26(18-28)29-22-38(32(33(39)40)25-10-5-2-6-11-25)21-27(29)20-37-16-14-24(15-17-37)31-19-30(35-36-31)23-8-3-1-4-9-23;33-27-11-5-10-25(17-27)28-21-37(31(32(38)39)16-22-6-4-7-22)20-26(28)19-36-14-12-24(13-15-36)30-18-29(34-35-30)23-8-2-1-3-9-23;33-26-9-4-8-24(18-26)28-21-35(29(31(37)38)17-22-5-3-6-22)20-25(28)19-34-14-12-27(13-15-34)36-16-11-23-7-1-2-10-30(23)40-32(36)39/h7,12-13,18-19,23-25,27,29,32H,1-6,8-11,14-17,20-22H2,(H,35,36)(H,39,40);5,10-11,17-18,22-24,26,28,31H,1-4,6-9,12-16,19-21H2,(H,34,35)(H,38,39);1-2,4,7-10,18,22,25,27-29H,3,5-6,11-17,19-21H2,(H,37,38)/p+1/t27-,29+,32+;26-,28+,31+;25-,28+,29+/m000/s1. The quantitative estimate of drug-likeness (QED) is 0.0314. The fourth-order valence-corrected chi connectivity index (χ4v) is 23.8. The number of para-hydroxylation sites is 1. The number of quaternary nitrogens is 1. The Bertz CT molecular complexity index is 4280. The molecule has 19 nitrogen and oxygen atoms in total. The molecule has 10 atom stereocenters. The highest BCUT2D eigenvalue weighted by atomic mass is 19.1. The zero-order valence-corrected chi connectivity index (χ0v) is 70.3. The molecule has 6 aromatic rings. The molecule has 0 spiro atoms. The number of nitrogens with zero attached hydrogens (tertiary/aromatic N) is 8. The first kappa shape index (κ1) is 85.1. The number of carbonyl (C=O) groups is 4. The molecule has 644 valence electrons. The van der Waals surface area contributed by atoms with E-state index in [1.807, 2.05) is 47.4 Å². The predicted molar refractivity (Wildman–Crippen MR) is 454 cm³/mol.